The first kappa shape index (κ1) is 11.8. The van der Waals surface area contributed by atoms with E-state index in [-0.39, 0.29) is 6.61 Å². The van der Waals surface area contributed by atoms with E-state index in [2.05, 4.69) is 5.32 Å². The highest BCUT2D eigenvalue weighted by Crippen LogP contribution is 1.79. The molecule has 0 atom stereocenters. The standard InChI is InChI=1S/C8H19NO3/c1-11-7-4-9-3-2-6-12-8-5-10/h9-10H,2-8H2,1H3. The van der Waals surface area contributed by atoms with Crippen LogP contribution >= 0.6 is 0 Å². The van der Waals surface area contributed by atoms with Crippen LogP contribution in [0.5, 0.6) is 0 Å². The lowest BCUT2D eigenvalue weighted by Crippen LogP contribution is -2.21. The smallest absolute Gasteiger partial charge is 0.0697 e. The van der Waals surface area contributed by atoms with Crippen LogP contribution in [0.1, 0.15) is 6.42 Å². The first-order valence-electron chi connectivity index (χ1n) is 4.30. The van der Waals surface area contributed by atoms with Crippen molar-refractivity contribution in [2.45, 2.75) is 6.42 Å². The maximum absolute atomic E-state index is 8.38. The average Bonchev–Trinajstić information content (AvgIpc) is 2.10. The lowest BCUT2D eigenvalue weighted by Gasteiger charge is -2.03. The fourth-order valence-electron chi connectivity index (χ4n) is 0.765. The zero-order valence-corrected chi connectivity index (χ0v) is 7.71. The predicted molar refractivity (Wildman–Crippen MR) is 47.3 cm³/mol. The Hall–Kier alpha value is -0.160. The molecule has 0 fully saturated rings. The Morgan fingerprint density at radius 2 is 2.00 bits per heavy atom. The lowest BCUT2D eigenvalue weighted by molar-refractivity contribution is 0.0904. The summed E-state index contributed by atoms with van der Waals surface area (Å²) >= 11 is 0. The Kier molecular flexibility index (Phi) is 10.7. The second-order valence-electron chi connectivity index (χ2n) is 2.43. The van der Waals surface area contributed by atoms with Gasteiger partial charge in [0.25, 0.3) is 0 Å². The van der Waals surface area contributed by atoms with Crippen molar-refractivity contribution in [2.75, 3.05) is 46.6 Å². The maximum atomic E-state index is 8.38. The topological polar surface area (TPSA) is 50.7 Å². The summed E-state index contributed by atoms with van der Waals surface area (Å²) in [6.07, 6.45) is 0.976. The third-order valence-electron chi connectivity index (χ3n) is 1.36. The molecule has 2 N–H and O–H groups in total. The quantitative estimate of drug-likeness (QED) is 0.471. The number of methoxy groups -OCH3 is 1. The van der Waals surface area contributed by atoms with E-state index in [9.17, 15) is 0 Å². The average molecular weight is 177 g/mol. The van der Waals surface area contributed by atoms with Crippen molar-refractivity contribution in [3.8, 4) is 0 Å². The van der Waals surface area contributed by atoms with Crippen molar-refractivity contribution < 1.29 is 14.6 Å². The van der Waals surface area contributed by atoms with Gasteiger partial charge in [0.05, 0.1) is 19.8 Å². The van der Waals surface area contributed by atoms with E-state index in [0.29, 0.717) is 13.2 Å². The second kappa shape index (κ2) is 10.8. The van der Waals surface area contributed by atoms with Gasteiger partial charge in [-0.05, 0) is 13.0 Å². The molecule has 0 rings (SSSR count). The molecule has 0 unspecified atom stereocenters. The van der Waals surface area contributed by atoms with Crippen molar-refractivity contribution in [1.29, 1.82) is 0 Å². The Labute approximate surface area is 73.9 Å². The van der Waals surface area contributed by atoms with Crippen LogP contribution in [-0.4, -0.2) is 51.7 Å². The summed E-state index contributed by atoms with van der Waals surface area (Å²) < 4.78 is 9.93. The van der Waals surface area contributed by atoms with E-state index in [1.54, 1.807) is 7.11 Å². The van der Waals surface area contributed by atoms with Gasteiger partial charge in [0, 0.05) is 20.3 Å². The third-order valence-corrected chi connectivity index (χ3v) is 1.36. The van der Waals surface area contributed by atoms with Gasteiger partial charge in [-0.3, -0.25) is 0 Å². The number of nitrogens with one attached hydrogen (secondary N) is 1. The third kappa shape index (κ3) is 9.84. The minimum atomic E-state index is 0.108. The van der Waals surface area contributed by atoms with Crippen LogP contribution in [0.2, 0.25) is 0 Å². The number of hydrogen-bond acceptors (Lipinski definition) is 4. The minimum Gasteiger partial charge on any atom is -0.394 e. The van der Waals surface area contributed by atoms with Crippen LogP contribution in [0.25, 0.3) is 0 Å². The molecule has 0 aliphatic rings. The highest BCUT2D eigenvalue weighted by molar-refractivity contribution is 4.45. The molecule has 4 heteroatoms. The summed E-state index contributed by atoms with van der Waals surface area (Å²) in [5.74, 6) is 0. The molecule has 74 valence electrons. The van der Waals surface area contributed by atoms with Crippen molar-refractivity contribution in [3.05, 3.63) is 0 Å². The number of rotatable bonds is 9. The van der Waals surface area contributed by atoms with Crippen LogP contribution in [0.4, 0.5) is 0 Å². The zero-order chi connectivity index (χ0) is 9.07. The van der Waals surface area contributed by atoms with Gasteiger partial charge in [-0.15, -0.1) is 0 Å². The molecule has 0 bridgehead atoms. The monoisotopic (exact) mass is 177 g/mol. The van der Waals surface area contributed by atoms with E-state index in [1.165, 1.54) is 0 Å². The summed E-state index contributed by atoms with van der Waals surface area (Å²) in [4.78, 5) is 0. The van der Waals surface area contributed by atoms with Gasteiger partial charge in [0.15, 0.2) is 0 Å². The molecular formula is C8H19NO3. The summed E-state index contributed by atoms with van der Waals surface area (Å²) in [5, 5.41) is 11.6. The first-order chi connectivity index (χ1) is 5.91. The number of hydrogen-bond donors (Lipinski definition) is 2. The minimum absolute atomic E-state index is 0.108. The molecule has 0 aliphatic carbocycles. The molecule has 0 saturated carbocycles. The molecule has 4 nitrogen and oxygen atoms in total. The van der Waals surface area contributed by atoms with Gasteiger partial charge in [0.1, 0.15) is 0 Å². The van der Waals surface area contributed by atoms with Gasteiger partial charge < -0.3 is 19.9 Å². The molecule has 0 heterocycles. The highest BCUT2D eigenvalue weighted by atomic mass is 16.5. The summed E-state index contributed by atoms with van der Waals surface area (Å²) in [5.41, 5.74) is 0. The van der Waals surface area contributed by atoms with E-state index in [1.807, 2.05) is 0 Å². The molecule has 0 amide bonds. The van der Waals surface area contributed by atoms with Crippen molar-refractivity contribution >= 4 is 0 Å². The Morgan fingerprint density at radius 3 is 2.67 bits per heavy atom. The SMILES string of the molecule is COCCNCCCOCCO. The van der Waals surface area contributed by atoms with Crippen LogP contribution in [-0.2, 0) is 9.47 Å². The fourth-order valence-corrected chi connectivity index (χ4v) is 0.765. The van der Waals surface area contributed by atoms with Crippen molar-refractivity contribution in [2.24, 2.45) is 0 Å². The van der Waals surface area contributed by atoms with Gasteiger partial charge in [-0.1, -0.05) is 0 Å². The van der Waals surface area contributed by atoms with E-state index in [4.69, 9.17) is 14.6 Å². The summed E-state index contributed by atoms with van der Waals surface area (Å²) in [6.45, 7) is 3.83. The Bertz CT molecular complexity index is 70.7. The molecule has 0 saturated heterocycles. The Balaban J connectivity index is 2.73. The lowest BCUT2D eigenvalue weighted by atomic mass is 10.4. The van der Waals surface area contributed by atoms with Gasteiger partial charge >= 0.3 is 0 Å². The molecular weight excluding hydrogens is 158 g/mol. The van der Waals surface area contributed by atoms with E-state index < -0.39 is 0 Å². The molecule has 0 aromatic heterocycles. The van der Waals surface area contributed by atoms with E-state index in [0.717, 1.165) is 26.1 Å². The second-order valence-corrected chi connectivity index (χ2v) is 2.43. The molecule has 0 aliphatic heterocycles. The maximum Gasteiger partial charge on any atom is 0.0697 e. The van der Waals surface area contributed by atoms with Gasteiger partial charge in [-0.2, -0.15) is 0 Å². The van der Waals surface area contributed by atoms with Crippen LogP contribution in [0.3, 0.4) is 0 Å². The highest BCUT2D eigenvalue weighted by Gasteiger charge is 1.88. The van der Waals surface area contributed by atoms with E-state index >= 15 is 0 Å². The molecule has 12 heavy (non-hydrogen) atoms. The Morgan fingerprint density at radius 1 is 1.17 bits per heavy atom. The fraction of sp³-hybridized carbons (Fsp3) is 1.00. The molecule has 0 aromatic rings. The van der Waals surface area contributed by atoms with Crippen LogP contribution in [0.15, 0.2) is 0 Å². The van der Waals surface area contributed by atoms with Crippen LogP contribution in [0, 0.1) is 0 Å². The van der Waals surface area contributed by atoms with Crippen molar-refractivity contribution in [3.63, 3.8) is 0 Å². The van der Waals surface area contributed by atoms with Crippen molar-refractivity contribution in [1.82, 2.24) is 5.32 Å². The molecule has 0 spiro atoms. The summed E-state index contributed by atoms with van der Waals surface area (Å²) in [6, 6.07) is 0. The zero-order valence-electron chi connectivity index (χ0n) is 7.71. The normalized spacial score (nSPS) is 10.5. The first-order valence-corrected chi connectivity index (χ1v) is 4.30. The van der Waals surface area contributed by atoms with Gasteiger partial charge in [-0.25, -0.2) is 0 Å². The molecule has 0 aromatic carbocycles. The summed E-state index contributed by atoms with van der Waals surface area (Å²) in [7, 11) is 1.69. The number of aliphatic hydroxyl groups is 1. The number of ether oxygens (including phenoxy) is 2. The molecule has 0 radical (unpaired) electrons. The van der Waals surface area contributed by atoms with Crippen LogP contribution < -0.4 is 5.32 Å². The van der Waals surface area contributed by atoms with Gasteiger partial charge in [0.2, 0.25) is 0 Å². The largest absolute Gasteiger partial charge is 0.394 e. The predicted octanol–water partition coefficient (Wildman–Crippen LogP) is -0.379. The number of aliphatic hydroxyl groups excluding tert-OH is 1.